The molecular weight excluding hydrogens is 182 g/mol. The summed E-state index contributed by atoms with van der Waals surface area (Å²) in [4.78, 5) is 12.4. The molecule has 1 aliphatic rings. The van der Waals surface area contributed by atoms with Crippen LogP contribution in [0.15, 0.2) is 16.5 Å². The maximum absolute atomic E-state index is 10.4. The van der Waals surface area contributed by atoms with Gasteiger partial charge in [-0.2, -0.15) is 0 Å². The Morgan fingerprint density at radius 3 is 2.93 bits per heavy atom. The Hall–Kier alpha value is -1.29. The predicted octanol–water partition coefficient (Wildman–Crippen LogP) is 1.05. The van der Waals surface area contributed by atoms with Crippen LogP contribution in [0, 0.1) is 0 Å². The number of carbonyl (C=O) groups is 1. The number of β-amino-alcohol motifs (C(OH)–C–C–N with tert-alkyl or cyclic N) is 1. The Bertz CT molecular complexity index is 334. The van der Waals surface area contributed by atoms with Crippen LogP contribution in [0.25, 0.3) is 0 Å². The highest BCUT2D eigenvalue weighted by molar-refractivity contribution is 5.71. The van der Waals surface area contributed by atoms with Crippen LogP contribution in [0.1, 0.15) is 23.9 Å². The number of furan rings is 1. The van der Waals surface area contributed by atoms with Crippen LogP contribution in [-0.2, 0) is 0 Å². The van der Waals surface area contributed by atoms with Crippen molar-refractivity contribution in [3.05, 3.63) is 17.9 Å². The second kappa shape index (κ2) is 3.46. The van der Waals surface area contributed by atoms with Crippen molar-refractivity contribution in [3.8, 4) is 0 Å². The van der Waals surface area contributed by atoms with E-state index in [9.17, 15) is 9.90 Å². The van der Waals surface area contributed by atoms with E-state index >= 15 is 0 Å². The summed E-state index contributed by atoms with van der Waals surface area (Å²) in [6.45, 7) is 2.60. The molecule has 2 unspecified atom stereocenters. The summed E-state index contributed by atoms with van der Waals surface area (Å²) in [5, 5.41) is 9.44. The molecule has 0 aromatic carbocycles. The highest BCUT2D eigenvalue weighted by atomic mass is 16.4. The average Bonchev–Trinajstić information content (AvgIpc) is 2.71. The summed E-state index contributed by atoms with van der Waals surface area (Å²) in [7, 11) is 0. The molecule has 2 rings (SSSR count). The fourth-order valence-corrected chi connectivity index (χ4v) is 1.87. The molecule has 4 nitrogen and oxygen atoms in total. The van der Waals surface area contributed by atoms with Gasteiger partial charge in [-0.3, -0.25) is 4.79 Å². The van der Waals surface area contributed by atoms with Gasteiger partial charge in [0.2, 0.25) is 0 Å². The molecule has 1 fully saturated rings. The van der Waals surface area contributed by atoms with Crippen molar-refractivity contribution in [2.45, 2.75) is 25.5 Å². The molecule has 1 N–H and O–H groups in total. The molecule has 0 aliphatic carbocycles. The lowest BCUT2D eigenvalue weighted by Gasteiger charge is -2.19. The number of hydrogen-bond acceptors (Lipinski definition) is 4. The first kappa shape index (κ1) is 9.27. The molecule has 0 saturated carbocycles. The average molecular weight is 195 g/mol. The van der Waals surface area contributed by atoms with Crippen molar-refractivity contribution in [2.24, 2.45) is 0 Å². The van der Waals surface area contributed by atoms with Crippen LogP contribution in [0.5, 0.6) is 0 Å². The summed E-state index contributed by atoms with van der Waals surface area (Å²) < 4.78 is 5.28. The summed E-state index contributed by atoms with van der Waals surface area (Å²) in [5.41, 5.74) is 0. The van der Waals surface area contributed by atoms with Crippen LogP contribution >= 0.6 is 0 Å². The fourth-order valence-electron chi connectivity index (χ4n) is 1.87. The van der Waals surface area contributed by atoms with E-state index in [2.05, 4.69) is 0 Å². The lowest BCUT2D eigenvalue weighted by atomic mass is 10.2. The van der Waals surface area contributed by atoms with Crippen molar-refractivity contribution in [1.82, 2.24) is 0 Å². The van der Waals surface area contributed by atoms with Crippen LogP contribution in [0.3, 0.4) is 0 Å². The van der Waals surface area contributed by atoms with Gasteiger partial charge in [0.25, 0.3) is 0 Å². The minimum absolute atomic E-state index is 0.260. The molecule has 4 heteroatoms. The first-order chi connectivity index (χ1) is 6.70. The van der Waals surface area contributed by atoms with Gasteiger partial charge < -0.3 is 14.4 Å². The maximum Gasteiger partial charge on any atom is 0.196 e. The van der Waals surface area contributed by atoms with Crippen LogP contribution in [-0.4, -0.2) is 30.1 Å². The zero-order valence-electron chi connectivity index (χ0n) is 8.01. The van der Waals surface area contributed by atoms with Gasteiger partial charge in [-0.25, -0.2) is 0 Å². The third kappa shape index (κ3) is 1.53. The van der Waals surface area contributed by atoms with Crippen LogP contribution in [0.4, 0.5) is 5.88 Å². The number of anilines is 1. The molecule has 1 aromatic rings. The number of aliphatic hydroxyl groups excluding tert-OH is 1. The van der Waals surface area contributed by atoms with E-state index in [4.69, 9.17) is 4.42 Å². The minimum Gasteiger partial charge on any atom is -0.438 e. The van der Waals surface area contributed by atoms with E-state index in [1.807, 2.05) is 11.8 Å². The molecule has 0 amide bonds. The van der Waals surface area contributed by atoms with Gasteiger partial charge in [0.15, 0.2) is 17.9 Å². The third-order valence-corrected chi connectivity index (χ3v) is 2.56. The summed E-state index contributed by atoms with van der Waals surface area (Å²) >= 11 is 0. The monoisotopic (exact) mass is 195 g/mol. The Labute approximate surface area is 82.1 Å². The van der Waals surface area contributed by atoms with E-state index < -0.39 is 0 Å². The molecule has 0 radical (unpaired) electrons. The summed E-state index contributed by atoms with van der Waals surface area (Å²) in [5.74, 6) is 0.990. The van der Waals surface area contributed by atoms with Gasteiger partial charge in [-0.1, -0.05) is 0 Å². The number of carbonyl (C=O) groups excluding carboxylic acids is 1. The van der Waals surface area contributed by atoms with E-state index in [1.165, 1.54) is 0 Å². The number of aliphatic hydroxyl groups is 1. The smallest absolute Gasteiger partial charge is 0.196 e. The van der Waals surface area contributed by atoms with Gasteiger partial charge in [0.05, 0.1) is 6.10 Å². The third-order valence-electron chi connectivity index (χ3n) is 2.56. The second-order valence-electron chi connectivity index (χ2n) is 3.68. The topological polar surface area (TPSA) is 53.7 Å². The Morgan fingerprint density at radius 2 is 2.43 bits per heavy atom. The molecule has 1 saturated heterocycles. The fraction of sp³-hybridized carbons (Fsp3) is 0.500. The quantitative estimate of drug-likeness (QED) is 0.717. The Kier molecular flexibility index (Phi) is 2.29. The Balaban J connectivity index is 2.18. The van der Waals surface area contributed by atoms with Crippen molar-refractivity contribution in [3.63, 3.8) is 0 Å². The van der Waals surface area contributed by atoms with Crippen molar-refractivity contribution >= 4 is 12.2 Å². The lowest BCUT2D eigenvalue weighted by Crippen LogP contribution is -2.26. The van der Waals surface area contributed by atoms with E-state index in [-0.39, 0.29) is 12.1 Å². The summed E-state index contributed by atoms with van der Waals surface area (Å²) in [6, 6.07) is 3.66. The SMILES string of the molecule is CC1CC(O)CN1c1ccc(C=O)o1. The molecule has 1 aromatic heterocycles. The predicted molar refractivity (Wildman–Crippen MR) is 51.5 cm³/mol. The van der Waals surface area contributed by atoms with Gasteiger partial charge in [0, 0.05) is 18.7 Å². The molecule has 0 spiro atoms. The number of nitrogens with zero attached hydrogens (tertiary/aromatic N) is 1. The molecule has 2 heterocycles. The largest absolute Gasteiger partial charge is 0.438 e. The number of hydrogen-bond donors (Lipinski definition) is 1. The molecule has 2 atom stereocenters. The normalized spacial score (nSPS) is 26.9. The standard InChI is InChI=1S/C10H13NO3/c1-7-4-8(13)5-11(7)10-3-2-9(6-12)14-10/h2-3,6-8,13H,4-5H2,1H3. The van der Waals surface area contributed by atoms with E-state index in [1.54, 1.807) is 12.1 Å². The minimum atomic E-state index is -0.296. The van der Waals surface area contributed by atoms with Crippen LogP contribution < -0.4 is 4.90 Å². The Morgan fingerprint density at radius 1 is 1.64 bits per heavy atom. The van der Waals surface area contributed by atoms with E-state index in [0.29, 0.717) is 24.5 Å². The van der Waals surface area contributed by atoms with Gasteiger partial charge in [0.1, 0.15) is 0 Å². The van der Waals surface area contributed by atoms with E-state index in [0.717, 1.165) is 6.42 Å². The van der Waals surface area contributed by atoms with Crippen molar-refractivity contribution < 1.29 is 14.3 Å². The number of aldehydes is 1. The zero-order valence-corrected chi connectivity index (χ0v) is 8.01. The van der Waals surface area contributed by atoms with Crippen molar-refractivity contribution in [2.75, 3.05) is 11.4 Å². The molecule has 76 valence electrons. The van der Waals surface area contributed by atoms with Gasteiger partial charge >= 0.3 is 0 Å². The zero-order chi connectivity index (χ0) is 10.1. The molecule has 0 bridgehead atoms. The molecule has 1 aliphatic heterocycles. The highest BCUT2D eigenvalue weighted by Gasteiger charge is 2.29. The first-order valence-electron chi connectivity index (χ1n) is 4.70. The highest BCUT2D eigenvalue weighted by Crippen LogP contribution is 2.26. The molecule has 14 heavy (non-hydrogen) atoms. The number of rotatable bonds is 2. The van der Waals surface area contributed by atoms with Gasteiger partial charge in [-0.05, 0) is 19.4 Å². The maximum atomic E-state index is 10.4. The lowest BCUT2D eigenvalue weighted by molar-refractivity contribution is 0.110. The second-order valence-corrected chi connectivity index (χ2v) is 3.68. The first-order valence-corrected chi connectivity index (χ1v) is 4.70. The van der Waals surface area contributed by atoms with Crippen molar-refractivity contribution in [1.29, 1.82) is 0 Å². The van der Waals surface area contributed by atoms with Crippen LogP contribution in [0.2, 0.25) is 0 Å². The van der Waals surface area contributed by atoms with Gasteiger partial charge in [-0.15, -0.1) is 0 Å². The molecular formula is C10H13NO3. The summed E-state index contributed by atoms with van der Waals surface area (Å²) in [6.07, 6.45) is 1.13.